The quantitative estimate of drug-likeness (QED) is 0.562. The number of allylic oxidation sites excluding steroid dienone is 1. The summed E-state index contributed by atoms with van der Waals surface area (Å²) in [7, 11) is 0. The Morgan fingerprint density at radius 2 is 1.78 bits per heavy atom. The molecule has 2 aromatic rings. The maximum Gasteiger partial charge on any atom is 0.111 e. The molecule has 0 bridgehead atoms. The SMILES string of the molecule is C=C(C)c1ccc([C@H]2OC3(CCCC3)c3c2c(C(C)C)nc2c3[C@@H](O)CC(C)(C)C2)cc1. The number of pyridine rings is 1. The van der Waals surface area contributed by atoms with Crippen molar-refractivity contribution < 1.29 is 9.84 Å². The number of rotatable bonds is 3. The first-order valence-electron chi connectivity index (χ1n) is 12.3. The maximum absolute atomic E-state index is 11.4. The molecule has 0 amide bonds. The lowest BCUT2D eigenvalue weighted by Crippen LogP contribution is -2.32. The Morgan fingerprint density at radius 1 is 1.12 bits per heavy atom. The second kappa shape index (κ2) is 7.53. The van der Waals surface area contributed by atoms with Crippen LogP contribution in [-0.4, -0.2) is 10.1 Å². The second-order valence-electron chi connectivity index (χ2n) is 11.5. The molecule has 1 N–H and O–H groups in total. The fraction of sp³-hybridized carbons (Fsp3) is 0.552. The average Bonchev–Trinajstić information content (AvgIpc) is 3.32. The molecule has 3 heteroatoms. The van der Waals surface area contributed by atoms with Crippen LogP contribution in [0.15, 0.2) is 30.8 Å². The molecule has 0 saturated heterocycles. The summed E-state index contributed by atoms with van der Waals surface area (Å²) in [5.41, 5.74) is 9.05. The number of nitrogens with zero attached hydrogens (tertiary/aromatic N) is 1. The Bertz CT molecular complexity index is 1060. The highest BCUT2D eigenvalue weighted by molar-refractivity contribution is 5.62. The average molecular weight is 432 g/mol. The molecule has 2 heterocycles. The number of ether oxygens (including phenoxy) is 1. The predicted octanol–water partition coefficient (Wildman–Crippen LogP) is 7.13. The number of aromatic nitrogens is 1. The molecule has 1 aliphatic heterocycles. The van der Waals surface area contributed by atoms with Gasteiger partial charge in [-0.25, -0.2) is 0 Å². The predicted molar refractivity (Wildman–Crippen MR) is 130 cm³/mol. The minimum atomic E-state index is -0.471. The third-order valence-electron chi connectivity index (χ3n) is 7.83. The van der Waals surface area contributed by atoms with Crippen LogP contribution in [0.4, 0.5) is 0 Å². The van der Waals surface area contributed by atoms with Crippen molar-refractivity contribution in [2.45, 2.75) is 96.9 Å². The lowest BCUT2D eigenvalue weighted by molar-refractivity contribution is -0.0580. The smallest absolute Gasteiger partial charge is 0.111 e. The molecule has 1 aromatic heterocycles. The van der Waals surface area contributed by atoms with Gasteiger partial charge in [0.2, 0.25) is 0 Å². The van der Waals surface area contributed by atoms with Crippen LogP contribution in [0.2, 0.25) is 0 Å². The Hall–Kier alpha value is -1.97. The fourth-order valence-electron chi connectivity index (χ4n) is 6.36. The topological polar surface area (TPSA) is 42.4 Å². The largest absolute Gasteiger partial charge is 0.388 e. The van der Waals surface area contributed by atoms with Gasteiger partial charge in [-0.2, -0.15) is 0 Å². The van der Waals surface area contributed by atoms with Crippen LogP contribution >= 0.6 is 0 Å². The molecule has 32 heavy (non-hydrogen) atoms. The molecule has 1 aromatic carbocycles. The van der Waals surface area contributed by atoms with Crippen molar-refractivity contribution in [3.63, 3.8) is 0 Å². The zero-order valence-electron chi connectivity index (χ0n) is 20.3. The van der Waals surface area contributed by atoms with Gasteiger partial charge in [-0.15, -0.1) is 0 Å². The molecule has 1 spiro atoms. The van der Waals surface area contributed by atoms with E-state index in [-0.39, 0.29) is 17.1 Å². The highest BCUT2D eigenvalue weighted by Crippen LogP contribution is 2.59. The Labute approximate surface area is 192 Å². The summed E-state index contributed by atoms with van der Waals surface area (Å²) in [5.74, 6) is 0.300. The first-order valence-corrected chi connectivity index (χ1v) is 12.3. The Kier molecular flexibility index (Phi) is 5.14. The summed E-state index contributed by atoms with van der Waals surface area (Å²) >= 11 is 0. The van der Waals surface area contributed by atoms with E-state index in [0.29, 0.717) is 5.92 Å². The van der Waals surface area contributed by atoms with Crippen molar-refractivity contribution in [1.29, 1.82) is 0 Å². The van der Waals surface area contributed by atoms with Crippen molar-refractivity contribution in [3.05, 3.63) is 70.0 Å². The van der Waals surface area contributed by atoms with Crippen molar-refractivity contribution >= 4 is 5.57 Å². The minimum Gasteiger partial charge on any atom is -0.388 e. The van der Waals surface area contributed by atoms with Crippen LogP contribution in [-0.2, 0) is 16.8 Å². The van der Waals surface area contributed by atoms with Crippen LogP contribution in [0.5, 0.6) is 0 Å². The molecular formula is C29H37NO2. The zero-order chi connectivity index (χ0) is 22.8. The third kappa shape index (κ3) is 3.36. The van der Waals surface area contributed by atoms with E-state index < -0.39 is 6.10 Å². The van der Waals surface area contributed by atoms with E-state index in [1.165, 1.54) is 29.5 Å². The molecule has 170 valence electrons. The molecule has 0 radical (unpaired) electrons. The summed E-state index contributed by atoms with van der Waals surface area (Å²) in [6, 6.07) is 8.68. The van der Waals surface area contributed by atoms with E-state index in [1.54, 1.807) is 0 Å². The summed E-state index contributed by atoms with van der Waals surface area (Å²) in [4.78, 5) is 5.25. The van der Waals surface area contributed by atoms with E-state index in [1.807, 2.05) is 6.92 Å². The molecule has 1 fully saturated rings. The van der Waals surface area contributed by atoms with Gasteiger partial charge in [-0.1, -0.05) is 77.0 Å². The summed E-state index contributed by atoms with van der Waals surface area (Å²) in [5, 5.41) is 11.4. The lowest BCUT2D eigenvalue weighted by atomic mass is 9.70. The van der Waals surface area contributed by atoms with Crippen molar-refractivity contribution in [1.82, 2.24) is 4.98 Å². The number of benzene rings is 1. The number of fused-ring (bicyclic) bond motifs is 4. The molecule has 1 saturated carbocycles. The molecule has 2 atom stereocenters. The van der Waals surface area contributed by atoms with Gasteiger partial charge >= 0.3 is 0 Å². The molecule has 3 nitrogen and oxygen atoms in total. The summed E-state index contributed by atoms with van der Waals surface area (Å²) in [6.45, 7) is 15.1. The van der Waals surface area contributed by atoms with Crippen LogP contribution < -0.4 is 0 Å². The highest BCUT2D eigenvalue weighted by Gasteiger charge is 2.52. The standard InChI is InChI=1S/C29H37NO2/c1-17(2)19-9-11-20(12-10-19)27-24-25(29(32-27)13-7-8-14-29)23-21(30-26(24)18(3)4)15-28(5,6)16-22(23)31/h9-12,18,22,27,31H,1,7-8,13-16H2,2-6H3/t22-,27+/m0/s1. The van der Waals surface area contributed by atoms with E-state index >= 15 is 0 Å². The fourth-order valence-corrected chi connectivity index (χ4v) is 6.36. The van der Waals surface area contributed by atoms with Gasteiger partial charge in [0.1, 0.15) is 6.10 Å². The summed E-state index contributed by atoms with van der Waals surface area (Å²) in [6.07, 6.45) is 5.52. The van der Waals surface area contributed by atoms with Crippen molar-refractivity contribution in [3.8, 4) is 0 Å². The van der Waals surface area contributed by atoms with Gasteiger partial charge in [0, 0.05) is 22.5 Å². The van der Waals surface area contributed by atoms with Gasteiger partial charge in [-0.3, -0.25) is 4.98 Å². The highest BCUT2D eigenvalue weighted by atomic mass is 16.5. The van der Waals surface area contributed by atoms with E-state index in [0.717, 1.165) is 53.8 Å². The number of aliphatic hydroxyl groups is 1. The van der Waals surface area contributed by atoms with Crippen molar-refractivity contribution in [2.24, 2.45) is 5.41 Å². The molecule has 5 rings (SSSR count). The van der Waals surface area contributed by atoms with Gasteiger partial charge in [-0.05, 0) is 60.6 Å². The minimum absolute atomic E-state index is 0.0575. The van der Waals surface area contributed by atoms with Gasteiger partial charge in [0.15, 0.2) is 0 Å². The Balaban J connectivity index is 1.75. The summed E-state index contributed by atoms with van der Waals surface area (Å²) < 4.78 is 7.05. The second-order valence-corrected chi connectivity index (χ2v) is 11.5. The molecular weight excluding hydrogens is 394 g/mol. The van der Waals surface area contributed by atoms with E-state index in [4.69, 9.17) is 9.72 Å². The Morgan fingerprint density at radius 3 is 2.38 bits per heavy atom. The molecule has 0 unspecified atom stereocenters. The van der Waals surface area contributed by atoms with Gasteiger partial charge in [0.05, 0.1) is 11.7 Å². The third-order valence-corrected chi connectivity index (χ3v) is 7.83. The molecule has 3 aliphatic rings. The van der Waals surface area contributed by atoms with Gasteiger partial charge < -0.3 is 9.84 Å². The number of hydrogen-bond donors (Lipinski definition) is 1. The van der Waals surface area contributed by atoms with E-state index in [9.17, 15) is 5.11 Å². The number of aliphatic hydroxyl groups excluding tert-OH is 1. The van der Waals surface area contributed by atoms with Crippen molar-refractivity contribution in [2.75, 3.05) is 0 Å². The van der Waals surface area contributed by atoms with Crippen LogP contribution in [0, 0.1) is 5.41 Å². The lowest BCUT2D eigenvalue weighted by Gasteiger charge is -2.38. The van der Waals surface area contributed by atoms with Crippen LogP contribution in [0.3, 0.4) is 0 Å². The normalized spacial score (nSPS) is 25.2. The van der Waals surface area contributed by atoms with Crippen LogP contribution in [0.25, 0.3) is 5.57 Å². The van der Waals surface area contributed by atoms with E-state index in [2.05, 4.69) is 58.5 Å². The molecule has 2 aliphatic carbocycles. The first-order chi connectivity index (χ1) is 15.1. The van der Waals surface area contributed by atoms with Crippen LogP contribution in [0.1, 0.15) is 124 Å². The number of hydrogen-bond acceptors (Lipinski definition) is 3. The zero-order valence-corrected chi connectivity index (χ0v) is 20.3. The maximum atomic E-state index is 11.4. The first kappa shape index (κ1) is 21.9. The van der Waals surface area contributed by atoms with Gasteiger partial charge in [0.25, 0.3) is 0 Å². The monoisotopic (exact) mass is 431 g/mol.